The average Bonchev–Trinajstić information content (AvgIpc) is 3.24. The zero-order valence-corrected chi connectivity index (χ0v) is 18.6. The molecule has 0 saturated carbocycles. The van der Waals surface area contributed by atoms with E-state index in [4.69, 9.17) is 4.74 Å². The van der Waals surface area contributed by atoms with E-state index >= 15 is 0 Å². The molecule has 4 rings (SSSR count). The van der Waals surface area contributed by atoms with Crippen molar-refractivity contribution in [1.82, 2.24) is 13.7 Å². The molecule has 0 N–H and O–H groups in total. The fourth-order valence-electron chi connectivity index (χ4n) is 3.16. The Balaban J connectivity index is 1.55. The molecule has 0 bridgehead atoms. The topological polar surface area (TPSA) is 98.0 Å². The maximum atomic E-state index is 12.9. The number of ether oxygens (including phenoxy) is 1. The number of esters is 1. The number of hydrogen-bond acceptors (Lipinski definition) is 8. The van der Waals surface area contributed by atoms with Gasteiger partial charge in [-0.15, -0.1) is 11.3 Å². The molecule has 0 spiro atoms. The second kappa shape index (κ2) is 8.50. The van der Waals surface area contributed by atoms with Gasteiger partial charge in [-0.05, 0) is 30.0 Å². The summed E-state index contributed by atoms with van der Waals surface area (Å²) in [7, 11) is -3.76. The first-order chi connectivity index (χ1) is 14.4. The van der Waals surface area contributed by atoms with Gasteiger partial charge in [-0.1, -0.05) is 6.07 Å². The highest BCUT2D eigenvalue weighted by atomic mass is 32.2. The Hall–Kier alpha value is -2.21. The van der Waals surface area contributed by atoms with E-state index in [2.05, 4.69) is 4.98 Å². The number of aromatic nitrogens is 2. The number of pyridine rings is 1. The molecule has 3 aromatic heterocycles. The lowest BCUT2D eigenvalue weighted by Gasteiger charge is -2.25. The van der Waals surface area contributed by atoms with Crippen LogP contribution in [0.5, 0.6) is 0 Å². The fourth-order valence-corrected chi connectivity index (χ4v) is 7.02. The van der Waals surface area contributed by atoms with Gasteiger partial charge in [0.25, 0.3) is 5.56 Å². The number of nitrogens with zero attached hydrogens (tertiary/aromatic N) is 3. The number of carbonyl (C=O) groups is 1. The average molecular weight is 466 g/mol. The highest BCUT2D eigenvalue weighted by Crippen LogP contribution is 2.28. The molecule has 158 valence electrons. The van der Waals surface area contributed by atoms with Crippen LogP contribution in [0.4, 0.5) is 0 Å². The van der Waals surface area contributed by atoms with Crippen LogP contribution in [0.15, 0.2) is 45.5 Å². The molecule has 3 aromatic rings. The lowest BCUT2D eigenvalue weighted by Crippen LogP contribution is -2.38. The van der Waals surface area contributed by atoms with Gasteiger partial charge in [0.05, 0.1) is 5.69 Å². The standard InChI is InChI=1S/C19H19N3O5S3/c1-13-3-2-5-22-16(23)11-14(20-18(13)22)12-27-19(24)17-15(4-8-29-17)30(25,26)21-6-9-28-10-7-21/h2-5,8,11H,6-7,9-10,12H2,1H3. The molecule has 1 fully saturated rings. The molecule has 1 aliphatic rings. The zero-order valence-electron chi connectivity index (χ0n) is 16.1. The molecule has 0 radical (unpaired) electrons. The minimum absolute atomic E-state index is 0.0296. The van der Waals surface area contributed by atoms with Crippen molar-refractivity contribution in [3.05, 3.63) is 62.3 Å². The number of hydrogen-bond donors (Lipinski definition) is 0. The number of aryl methyl sites for hydroxylation is 1. The van der Waals surface area contributed by atoms with E-state index in [0.29, 0.717) is 24.4 Å². The van der Waals surface area contributed by atoms with Crippen molar-refractivity contribution >= 4 is 44.7 Å². The molecular weight excluding hydrogens is 446 g/mol. The van der Waals surface area contributed by atoms with Crippen LogP contribution in [0.25, 0.3) is 5.65 Å². The molecule has 1 saturated heterocycles. The second-order valence-electron chi connectivity index (χ2n) is 6.68. The molecule has 0 aromatic carbocycles. The summed E-state index contributed by atoms with van der Waals surface area (Å²) in [6.07, 6.45) is 1.62. The fraction of sp³-hybridized carbons (Fsp3) is 0.316. The monoisotopic (exact) mass is 465 g/mol. The summed E-state index contributed by atoms with van der Waals surface area (Å²) in [5, 5.41) is 1.56. The van der Waals surface area contributed by atoms with Crippen molar-refractivity contribution in [2.45, 2.75) is 18.4 Å². The Bertz CT molecular complexity index is 1260. The molecule has 4 heterocycles. The maximum Gasteiger partial charge on any atom is 0.350 e. The highest BCUT2D eigenvalue weighted by molar-refractivity contribution is 7.99. The summed E-state index contributed by atoms with van der Waals surface area (Å²) in [6, 6.07) is 6.32. The molecule has 8 nitrogen and oxygen atoms in total. The van der Waals surface area contributed by atoms with Crippen LogP contribution in [0.1, 0.15) is 20.9 Å². The first-order valence-electron chi connectivity index (χ1n) is 9.18. The lowest BCUT2D eigenvalue weighted by atomic mass is 10.3. The van der Waals surface area contributed by atoms with E-state index in [1.807, 2.05) is 13.0 Å². The number of rotatable bonds is 5. The van der Waals surface area contributed by atoms with Gasteiger partial charge < -0.3 is 4.74 Å². The second-order valence-corrected chi connectivity index (χ2v) is 10.7. The predicted molar refractivity (Wildman–Crippen MR) is 116 cm³/mol. The van der Waals surface area contributed by atoms with Crippen LogP contribution >= 0.6 is 23.1 Å². The van der Waals surface area contributed by atoms with Crippen LogP contribution in [-0.2, 0) is 21.4 Å². The first kappa shape index (κ1) is 21.0. The Morgan fingerprint density at radius 1 is 1.27 bits per heavy atom. The van der Waals surface area contributed by atoms with Crippen molar-refractivity contribution in [2.75, 3.05) is 24.6 Å². The van der Waals surface area contributed by atoms with E-state index < -0.39 is 16.0 Å². The third-order valence-corrected chi connectivity index (χ3v) is 8.60. The number of thioether (sulfide) groups is 1. The van der Waals surface area contributed by atoms with Gasteiger partial charge in [0.2, 0.25) is 10.0 Å². The number of carbonyl (C=O) groups excluding carboxylic acids is 1. The quantitative estimate of drug-likeness (QED) is 0.533. The Morgan fingerprint density at radius 3 is 2.80 bits per heavy atom. The van der Waals surface area contributed by atoms with Gasteiger partial charge in [0.15, 0.2) is 0 Å². The third kappa shape index (κ3) is 4.02. The predicted octanol–water partition coefficient (Wildman–Crippen LogP) is 2.16. The summed E-state index contributed by atoms with van der Waals surface area (Å²) in [6.45, 7) is 2.44. The largest absolute Gasteiger partial charge is 0.455 e. The Kier molecular flexibility index (Phi) is 5.96. The molecule has 1 aliphatic heterocycles. The highest BCUT2D eigenvalue weighted by Gasteiger charge is 2.31. The lowest BCUT2D eigenvalue weighted by molar-refractivity contribution is 0.0469. The van der Waals surface area contributed by atoms with Crippen molar-refractivity contribution < 1.29 is 17.9 Å². The number of thiophene rings is 1. The molecule has 0 unspecified atom stereocenters. The zero-order chi connectivity index (χ0) is 21.3. The van der Waals surface area contributed by atoms with Gasteiger partial charge in [-0.2, -0.15) is 16.1 Å². The van der Waals surface area contributed by atoms with Crippen molar-refractivity contribution in [2.24, 2.45) is 0 Å². The smallest absolute Gasteiger partial charge is 0.350 e. The van der Waals surface area contributed by atoms with Crippen LogP contribution in [0.3, 0.4) is 0 Å². The van der Waals surface area contributed by atoms with E-state index in [-0.39, 0.29) is 21.9 Å². The normalized spacial score (nSPS) is 15.4. The van der Waals surface area contributed by atoms with Crippen molar-refractivity contribution in [3.8, 4) is 0 Å². The molecule has 0 aliphatic carbocycles. The first-order valence-corrected chi connectivity index (χ1v) is 12.7. The van der Waals surface area contributed by atoms with E-state index in [1.165, 1.54) is 20.8 Å². The van der Waals surface area contributed by atoms with E-state index in [1.54, 1.807) is 29.4 Å². The van der Waals surface area contributed by atoms with Crippen LogP contribution in [0, 0.1) is 6.92 Å². The van der Waals surface area contributed by atoms with Crippen LogP contribution in [0.2, 0.25) is 0 Å². The van der Waals surface area contributed by atoms with Crippen LogP contribution in [-0.4, -0.2) is 52.7 Å². The van der Waals surface area contributed by atoms with Crippen molar-refractivity contribution in [3.63, 3.8) is 0 Å². The SMILES string of the molecule is Cc1cccn2c(=O)cc(COC(=O)c3sccc3S(=O)(=O)N3CCSCC3)nc12. The van der Waals surface area contributed by atoms with Gasteiger partial charge in [0, 0.05) is 36.9 Å². The Morgan fingerprint density at radius 2 is 2.03 bits per heavy atom. The van der Waals surface area contributed by atoms with E-state index in [0.717, 1.165) is 28.4 Å². The molecular formula is C19H19N3O5S3. The van der Waals surface area contributed by atoms with Gasteiger partial charge in [-0.3, -0.25) is 9.20 Å². The van der Waals surface area contributed by atoms with Crippen molar-refractivity contribution in [1.29, 1.82) is 0 Å². The molecule has 0 amide bonds. The molecule has 11 heteroatoms. The summed E-state index contributed by atoms with van der Waals surface area (Å²) in [4.78, 5) is 29.3. The third-order valence-electron chi connectivity index (χ3n) is 4.69. The summed E-state index contributed by atoms with van der Waals surface area (Å²) in [5.41, 5.74) is 1.32. The van der Waals surface area contributed by atoms with E-state index in [9.17, 15) is 18.0 Å². The summed E-state index contributed by atoms with van der Waals surface area (Å²) >= 11 is 2.72. The summed E-state index contributed by atoms with van der Waals surface area (Å²) < 4.78 is 34.0. The molecule has 0 atom stereocenters. The number of fused-ring (bicyclic) bond motifs is 1. The van der Waals surface area contributed by atoms with Gasteiger partial charge in [0.1, 0.15) is 22.0 Å². The van der Waals surface area contributed by atoms with Crippen LogP contribution < -0.4 is 5.56 Å². The number of sulfonamides is 1. The maximum absolute atomic E-state index is 12.9. The summed E-state index contributed by atoms with van der Waals surface area (Å²) in [5.74, 6) is 0.707. The Labute approximate surface area is 181 Å². The minimum Gasteiger partial charge on any atom is -0.455 e. The van der Waals surface area contributed by atoms with Gasteiger partial charge >= 0.3 is 5.97 Å². The minimum atomic E-state index is -3.76. The van der Waals surface area contributed by atoms with Gasteiger partial charge in [-0.25, -0.2) is 18.2 Å². The molecule has 30 heavy (non-hydrogen) atoms.